The zero-order chi connectivity index (χ0) is 16.5. The summed E-state index contributed by atoms with van der Waals surface area (Å²) in [7, 11) is 0. The molecule has 1 radical (unpaired) electrons. The first-order chi connectivity index (χ1) is 11.2. The Morgan fingerprint density at radius 3 is 2.36 bits per heavy atom. The molecule has 0 aliphatic heterocycles. The van der Waals surface area contributed by atoms with Crippen LogP contribution in [0.2, 0.25) is 0 Å². The summed E-state index contributed by atoms with van der Waals surface area (Å²) in [5.41, 5.74) is 4.02. The molecule has 127 valence electrons. The maximum atomic E-state index is 5.54. The zero-order valence-corrected chi connectivity index (χ0v) is 20.5. The standard InChI is InChI=1S/C20H20N2O.W.Y/c1-4-5-12-23-20-10-8-18(9-11-20)14-21-22-15-19-7-6-16(2)17(3)13-19;;/h4-5,7-11,14-15H,12H2,1-3H3;;/q-2;;/b5-4+,21-14+,22-15+;;. The molecule has 0 unspecified atom stereocenters. The SMILES string of the molecule is C/C=C/COc1ccc(/C=N/N=C/c2[c-]c(C)c(C)[c-]c2)cc1.[W].[Y]. The minimum absolute atomic E-state index is 0. The van der Waals surface area contributed by atoms with Crippen molar-refractivity contribution in [3.8, 4) is 5.75 Å². The second-order valence-electron chi connectivity index (χ2n) is 5.06. The summed E-state index contributed by atoms with van der Waals surface area (Å²) < 4.78 is 5.54. The van der Waals surface area contributed by atoms with Crippen LogP contribution >= 0.6 is 0 Å². The van der Waals surface area contributed by atoms with E-state index >= 15 is 0 Å². The van der Waals surface area contributed by atoms with Gasteiger partial charge in [0, 0.05) is 53.8 Å². The second kappa shape index (κ2) is 13.3. The maximum absolute atomic E-state index is 5.54. The monoisotopic (exact) mass is 577 g/mol. The van der Waals surface area contributed by atoms with Crippen LogP contribution in [0.3, 0.4) is 0 Å². The third-order valence-electron chi connectivity index (χ3n) is 3.27. The minimum atomic E-state index is 0. The number of benzene rings is 2. The Morgan fingerprint density at radius 2 is 1.72 bits per heavy atom. The van der Waals surface area contributed by atoms with E-state index in [4.69, 9.17) is 4.74 Å². The summed E-state index contributed by atoms with van der Waals surface area (Å²) in [6.45, 7) is 6.57. The number of hydrogen-bond acceptors (Lipinski definition) is 3. The summed E-state index contributed by atoms with van der Waals surface area (Å²) in [5, 5.41) is 8.10. The van der Waals surface area contributed by atoms with E-state index in [9.17, 15) is 0 Å². The van der Waals surface area contributed by atoms with E-state index < -0.39 is 0 Å². The molecule has 0 fully saturated rings. The number of hydrogen-bond donors (Lipinski definition) is 0. The predicted octanol–water partition coefficient (Wildman–Crippen LogP) is 4.31. The van der Waals surface area contributed by atoms with Gasteiger partial charge in [0.25, 0.3) is 0 Å². The van der Waals surface area contributed by atoms with Crippen molar-refractivity contribution in [1.82, 2.24) is 0 Å². The summed E-state index contributed by atoms with van der Waals surface area (Å²) in [5.74, 6) is 0.837. The van der Waals surface area contributed by atoms with Crippen LogP contribution in [0.4, 0.5) is 0 Å². The largest absolute Gasteiger partial charge is 0.490 e. The van der Waals surface area contributed by atoms with E-state index in [1.807, 2.05) is 63.3 Å². The summed E-state index contributed by atoms with van der Waals surface area (Å²) in [4.78, 5) is 0. The molecule has 3 nitrogen and oxygen atoms in total. The van der Waals surface area contributed by atoms with Gasteiger partial charge in [-0.1, -0.05) is 25.3 Å². The average Bonchev–Trinajstić information content (AvgIpc) is 2.56. The van der Waals surface area contributed by atoms with Gasteiger partial charge in [-0.05, 0) is 36.8 Å². The Labute approximate surface area is 189 Å². The van der Waals surface area contributed by atoms with Gasteiger partial charge in [-0.15, -0.1) is 6.92 Å². The first-order valence-corrected chi connectivity index (χ1v) is 7.50. The van der Waals surface area contributed by atoms with Gasteiger partial charge in [0.15, 0.2) is 0 Å². The van der Waals surface area contributed by atoms with Gasteiger partial charge < -0.3 is 4.74 Å². The molecular weight excluding hydrogens is 557 g/mol. The fraction of sp³-hybridized carbons (Fsp3) is 0.200. The molecule has 0 spiro atoms. The molecular formula is C20H20N2OWY-2. The van der Waals surface area contributed by atoms with Gasteiger partial charge in [-0.25, -0.2) is 21.8 Å². The molecule has 0 bridgehead atoms. The summed E-state index contributed by atoms with van der Waals surface area (Å²) >= 11 is 0. The fourth-order valence-electron chi connectivity index (χ4n) is 1.80. The van der Waals surface area contributed by atoms with Gasteiger partial charge in [0.2, 0.25) is 0 Å². The Balaban J connectivity index is 0.00000288. The molecule has 0 aliphatic carbocycles. The molecule has 0 saturated heterocycles. The first-order valence-electron chi connectivity index (χ1n) is 7.50. The van der Waals surface area contributed by atoms with Crippen molar-refractivity contribution >= 4 is 12.4 Å². The molecule has 0 atom stereocenters. The number of nitrogens with zero attached hydrogens (tertiary/aromatic N) is 2. The second-order valence-corrected chi connectivity index (χ2v) is 5.06. The fourth-order valence-corrected chi connectivity index (χ4v) is 1.80. The number of allylic oxidation sites excluding steroid dienone is 1. The van der Waals surface area contributed by atoms with Crippen LogP contribution < -0.4 is 4.74 Å². The topological polar surface area (TPSA) is 34.0 Å². The van der Waals surface area contributed by atoms with E-state index in [2.05, 4.69) is 22.3 Å². The smallest absolute Gasteiger partial charge is 0.119 e. The van der Waals surface area contributed by atoms with Crippen LogP contribution in [0.15, 0.2) is 52.7 Å². The number of aryl methyl sites for hydroxylation is 2. The molecule has 5 heteroatoms. The van der Waals surface area contributed by atoms with E-state index in [-0.39, 0.29) is 53.8 Å². The van der Waals surface area contributed by atoms with Gasteiger partial charge in [-0.3, -0.25) is 18.2 Å². The maximum Gasteiger partial charge on any atom is 0.119 e. The normalized spacial score (nSPS) is 10.8. The Morgan fingerprint density at radius 1 is 1.04 bits per heavy atom. The third kappa shape index (κ3) is 8.85. The van der Waals surface area contributed by atoms with E-state index in [1.54, 1.807) is 12.4 Å². The van der Waals surface area contributed by atoms with Crippen LogP contribution in [0, 0.1) is 26.0 Å². The molecule has 0 aromatic heterocycles. The van der Waals surface area contributed by atoms with Crippen LogP contribution in [-0.4, -0.2) is 19.0 Å². The quantitative estimate of drug-likeness (QED) is 0.218. The van der Waals surface area contributed by atoms with Crippen molar-refractivity contribution in [2.75, 3.05) is 6.61 Å². The molecule has 2 aromatic rings. The molecule has 0 amide bonds. The van der Waals surface area contributed by atoms with Crippen molar-refractivity contribution in [2.24, 2.45) is 10.2 Å². The zero-order valence-electron chi connectivity index (χ0n) is 14.7. The molecule has 0 heterocycles. The van der Waals surface area contributed by atoms with Crippen molar-refractivity contribution in [3.63, 3.8) is 0 Å². The van der Waals surface area contributed by atoms with Crippen molar-refractivity contribution in [3.05, 3.63) is 76.9 Å². The van der Waals surface area contributed by atoms with Crippen LogP contribution in [0.5, 0.6) is 5.75 Å². The van der Waals surface area contributed by atoms with Crippen LogP contribution in [0.1, 0.15) is 29.2 Å². The Bertz CT molecular complexity index is 725. The van der Waals surface area contributed by atoms with Crippen molar-refractivity contribution in [2.45, 2.75) is 20.8 Å². The molecule has 0 N–H and O–H groups in total. The number of rotatable bonds is 6. The molecule has 0 saturated carbocycles. The van der Waals surface area contributed by atoms with Gasteiger partial charge in [0.1, 0.15) is 12.4 Å². The van der Waals surface area contributed by atoms with Gasteiger partial charge in [0.05, 0.1) is 6.21 Å². The van der Waals surface area contributed by atoms with Gasteiger partial charge >= 0.3 is 0 Å². The van der Waals surface area contributed by atoms with Crippen LogP contribution in [0.25, 0.3) is 0 Å². The van der Waals surface area contributed by atoms with Gasteiger partial charge in [-0.2, -0.15) is 5.10 Å². The molecule has 25 heavy (non-hydrogen) atoms. The summed E-state index contributed by atoms with van der Waals surface area (Å²) in [6.07, 6.45) is 7.31. The van der Waals surface area contributed by atoms with Crippen LogP contribution in [-0.2, 0) is 53.8 Å². The third-order valence-corrected chi connectivity index (χ3v) is 3.27. The first kappa shape index (κ1) is 24.1. The Hall–Kier alpha value is -0.888. The predicted molar refractivity (Wildman–Crippen MR) is 95.5 cm³/mol. The Kier molecular flexibility index (Phi) is 12.9. The van der Waals surface area contributed by atoms with E-state index in [1.165, 1.54) is 0 Å². The minimum Gasteiger partial charge on any atom is -0.490 e. The molecule has 2 aromatic carbocycles. The van der Waals surface area contributed by atoms with E-state index in [0.29, 0.717) is 6.61 Å². The number of ether oxygens (including phenoxy) is 1. The van der Waals surface area contributed by atoms with E-state index in [0.717, 1.165) is 28.0 Å². The summed E-state index contributed by atoms with van der Waals surface area (Å²) in [6, 6.07) is 16.0. The molecule has 0 aliphatic rings. The van der Waals surface area contributed by atoms with Crippen molar-refractivity contribution < 1.29 is 58.5 Å². The van der Waals surface area contributed by atoms with Crippen molar-refractivity contribution in [1.29, 1.82) is 0 Å². The molecule has 2 rings (SSSR count). The average molecular weight is 577 g/mol.